The van der Waals surface area contributed by atoms with Crippen molar-refractivity contribution in [3.63, 3.8) is 0 Å². The molecule has 14 heavy (non-hydrogen) atoms. The van der Waals surface area contributed by atoms with Crippen molar-refractivity contribution in [2.24, 2.45) is 0 Å². The molecule has 1 spiro atoms. The van der Waals surface area contributed by atoms with Gasteiger partial charge in [0.25, 0.3) is 0 Å². The summed E-state index contributed by atoms with van der Waals surface area (Å²) in [7, 11) is 0. The zero-order chi connectivity index (χ0) is 9.43. The highest BCUT2D eigenvalue weighted by Gasteiger charge is 2.36. The largest absolute Gasteiger partial charge is 0.370 e. The summed E-state index contributed by atoms with van der Waals surface area (Å²) in [5.74, 6) is 0. The summed E-state index contributed by atoms with van der Waals surface area (Å²) in [5.41, 5.74) is 3.10. The van der Waals surface area contributed by atoms with E-state index in [0.717, 1.165) is 13.2 Å². The number of hydrogen-bond donors (Lipinski definition) is 0. The zero-order valence-corrected chi connectivity index (χ0v) is 8.41. The second-order valence-electron chi connectivity index (χ2n) is 4.49. The molecule has 2 aliphatic rings. The summed E-state index contributed by atoms with van der Waals surface area (Å²) >= 11 is 0. The first-order chi connectivity index (χ1) is 6.88. The lowest BCUT2D eigenvalue weighted by molar-refractivity contribution is -0.953. The first-order valence-corrected chi connectivity index (χ1v) is 5.38. The molecule has 0 unspecified atom stereocenters. The maximum absolute atomic E-state index is 5.44. The van der Waals surface area contributed by atoms with Crippen LogP contribution in [-0.2, 0) is 17.8 Å². The maximum Gasteiger partial charge on any atom is 0.105 e. The summed E-state index contributed by atoms with van der Waals surface area (Å²) in [6, 6.07) is 8.86. The average Bonchev–Trinajstić information content (AvgIpc) is 2.56. The highest BCUT2D eigenvalue weighted by molar-refractivity contribution is 5.28. The van der Waals surface area contributed by atoms with Crippen molar-refractivity contribution in [1.29, 1.82) is 0 Å². The molecule has 0 saturated carbocycles. The van der Waals surface area contributed by atoms with Gasteiger partial charge in [0.15, 0.2) is 0 Å². The van der Waals surface area contributed by atoms with Crippen LogP contribution >= 0.6 is 0 Å². The molecule has 2 heterocycles. The van der Waals surface area contributed by atoms with Gasteiger partial charge in [-0.1, -0.05) is 24.3 Å². The van der Waals surface area contributed by atoms with Gasteiger partial charge in [-0.3, -0.25) is 0 Å². The Morgan fingerprint density at radius 2 is 1.50 bits per heavy atom. The van der Waals surface area contributed by atoms with E-state index in [1.54, 1.807) is 11.1 Å². The van der Waals surface area contributed by atoms with Crippen molar-refractivity contribution in [1.82, 2.24) is 0 Å². The van der Waals surface area contributed by atoms with E-state index in [2.05, 4.69) is 24.3 Å². The number of nitrogens with zero attached hydrogens (tertiary/aromatic N) is 1. The zero-order valence-electron chi connectivity index (χ0n) is 8.41. The molecular weight excluding hydrogens is 174 g/mol. The van der Waals surface area contributed by atoms with Crippen LogP contribution in [0.25, 0.3) is 0 Å². The number of fused-ring (bicyclic) bond motifs is 1. The molecule has 1 fully saturated rings. The van der Waals surface area contributed by atoms with Gasteiger partial charge in [-0.25, -0.2) is 0 Å². The van der Waals surface area contributed by atoms with E-state index >= 15 is 0 Å². The van der Waals surface area contributed by atoms with Crippen LogP contribution in [0.5, 0.6) is 0 Å². The molecular formula is C12H16NO+. The van der Waals surface area contributed by atoms with E-state index in [0.29, 0.717) is 0 Å². The highest BCUT2D eigenvalue weighted by Crippen LogP contribution is 2.30. The first-order valence-electron chi connectivity index (χ1n) is 5.38. The van der Waals surface area contributed by atoms with Crippen LogP contribution in [0.2, 0.25) is 0 Å². The van der Waals surface area contributed by atoms with Gasteiger partial charge in [0.2, 0.25) is 0 Å². The van der Waals surface area contributed by atoms with Crippen LogP contribution in [0, 0.1) is 0 Å². The summed E-state index contributed by atoms with van der Waals surface area (Å²) in [6.45, 7) is 6.70. The normalized spacial score (nSPS) is 23.7. The Hall–Kier alpha value is -0.860. The standard InChI is InChI=1S/C12H16NO/c1-2-4-12-10-13(9-11(12)3-1)5-7-14-8-6-13/h1-4H,5-10H2/q+1. The Morgan fingerprint density at radius 1 is 0.929 bits per heavy atom. The third kappa shape index (κ3) is 1.26. The van der Waals surface area contributed by atoms with Crippen molar-refractivity contribution in [2.75, 3.05) is 26.3 Å². The minimum atomic E-state index is 0.938. The first kappa shape index (κ1) is 8.45. The summed E-state index contributed by atoms with van der Waals surface area (Å²) in [4.78, 5) is 0. The van der Waals surface area contributed by atoms with Gasteiger partial charge in [0.1, 0.15) is 26.2 Å². The van der Waals surface area contributed by atoms with Crippen LogP contribution in [0.3, 0.4) is 0 Å². The predicted molar refractivity (Wildman–Crippen MR) is 54.7 cm³/mol. The van der Waals surface area contributed by atoms with Crippen molar-refractivity contribution in [3.05, 3.63) is 35.4 Å². The fraction of sp³-hybridized carbons (Fsp3) is 0.500. The van der Waals surface area contributed by atoms with E-state index < -0.39 is 0 Å². The minimum Gasteiger partial charge on any atom is -0.370 e. The number of benzene rings is 1. The summed E-state index contributed by atoms with van der Waals surface area (Å²) in [5, 5.41) is 0. The van der Waals surface area contributed by atoms with E-state index in [-0.39, 0.29) is 0 Å². The molecule has 1 aromatic carbocycles. The summed E-state index contributed by atoms with van der Waals surface area (Å²) < 4.78 is 6.67. The monoisotopic (exact) mass is 190 g/mol. The molecule has 2 nitrogen and oxygen atoms in total. The molecule has 0 amide bonds. The Labute approximate surface area is 84.7 Å². The molecule has 3 rings (SSSR count). The van der Waals surface area contributed by atoms with Gasteiger partial charge in [-0.2, -0.15) is 0 Å². The van der Waals surface area contributed by atoms with Gasteiger partial charge >= 0.3 is 0 Å². The minimum absolute atomic E-state index is 0.938. The number of rotatable bonds is 0. The Bertz CT molecular complexity index is 315. The predicted octanol–water partition coefficient (Wildman–Crippen LogP) is 1.55. The van der Waals surface area contributed by atoms with Crippen LogP contribution in [0.15, 0.2) is 24.3 Å². The molecule has 1 aromatic rings. The molecule has 2 aliphatic heterocycles. The average molecular weight is 190 g/mol. The van der Waals surface area contributed by atoms with Crippen LogP contribution < -0.4 is 0 Å². The van der Waals surface area contributed by atoms with E-state index in [1.165, 1.54) is 30.7 Å². The Morgan fingerprint density at radius 3 is 2.07 bits per heavy atom. The second-order valence-corrected chi connectivity index (χ2v) is 4.49. The number of quaternary nitrogens is 1. The third-order valence-corrected chi connectivity index (χ3v) is 3.55. The van der Waals surface area contributed by atoms with Crippen molar-refractivity contribution in [3.8, 4) is 0 Å². The fourth-order valence-corrected chi connectivity index (χ4v) is 2.69. The van der Waals surface area contributed by atoms with Crippen LogP contribution in [-0.4, -0.2) is 30.8 Å². The fourth-order valence-electron chi connectivity index (χ4n) is 2.69. The Balaban J connectivity index is 1.89. The molecule has 0 atom stereocenters. The van der Waals surface area contributed by atoms with Crippen molar-refractivity contribution in [2.45, 2.75) is 13.1 Å². The molecule has 0 bridgehead atoms. The quantitative estimate of drug-likeness (QED) is 0.564. The van der Waals surface area contributed by atoms with E-state index in [9.17, 15) is 0 Å². The maximum atomic E-state index is 5.44. The topological polar surface area (TPSA) is 9.23 Å². The van der Waals surface area contributed by atoms with E-state index in [1.807, 2.05) is 0 Å². The molecule has 0 aromatic heterocycles. The smallest absolute Gasteiger partial charge is 0.105 e. The van der Waals surface area contributed by atoms with Gasteiger partial charge < -0.3 is 9.22 Å². The molecule has 2 heteroatoms. The summed E-state index contributed by atoms with van der Waals surface area (Å²) in [6.07, 6.45) is 0. The number of morpholine rings is 1. The second kappa shape index (κ2) is 3.07. The van der Waals surface area contributed by atoms with Gasteiger partial charge in [0, 0.05) is 11.1 Å². The molecule has 0 aliphatic carbocycles. The lowest BCUT2D eigenvalue weighted by atomic mass is 10.1. The molecule has 74 valence electrons. The number of hydrogen-bond acceptors (Lipinski definition) is 1. The van der Waals surface area contributed by atoms with Gasteiger partial charge in [0.05, 0.1) is 13.2 Å². The molecule has 0 N–H and O–H groups in total. The molecule has 1 saturated heterocycles. The SMILES string of the molecule is c1ccc2c(c1)C[N+]1(CCOCC1)C2. The van der Waals surface area contributed by atoms with Crippen molar-refractivity contribution >= 4 is 0 Å². The van der Waals surface area contributed by atoms with Crippen LogP contribution in [0.4, 0.5) is 0 Å². The van der Waals surface area contributed by atoms with Crippen LogP contribution in [0.1, 0.15) is 11.1 Å². The van der Waals surface area contributed by atoms with Gasteiger partial charge in [-0.15, -0.1) is 0 Å². The highest BCUT2D eigenvalue weighted by atomic mass is 16.5. The van der Waals surface area contributed by atoms with Gasteiger partial charge in [-0.05, 0) is 0 Å². The van der Waals surface area contributed by atoms with E-state index in [4.69, 9.17) is 4.74 Å². The number of ether oxygens (including phenoxy) is 1. The molecule has 0 radical (unpaired) electrons. The van der Waals surface area contributed by atoms with Crippen molar-refractivity contribution < 1.29 is 9.22 Å². The Kier molecular flexibility index (Phi) is 1.85. The lowest BCUT2D eigenvalue weighted by Gasteiger charge is -2.37. The third-order valence-electron chi connectivity index (χ3n) is 3.55. The lowest BCUT2D eigenvalue weighted by Crippen LogP contribution is -2.50.